The maximum Gasteiger partial charge on any atom is 0.223 e. The molecule has 4 rings (SSSR count). The molecule has 4 aliphatic rings. The minimum absolute atomic E-state index is 0.0368. The van der Waals surface area contributed by atoms with Crippen LogP contribution < -0.4 is 0 Å². The molecule has 0 saturated heterocycles. The summed E-state index contributed by atoms with van der Waals surface area (Å²) in [5, 5.41) is 0. The SMILES string of the molecule is C=C(C1=CC2=CC[C@H]3[C@@H]4CC[C@H](C(C)=O)[C@@]4(C)CC[C@@H]3[C@@]2(C)CC1)N(C)C(C)=O. The van der Waals surface area contributed by atoms with Gasteiger partial charge in [0.15, 0.2) is 0 Å². The second kappa shape index (κ2) is 6.96. The largest absolute Gasteiger partial charge is 0.316 e. The molecule has 0 spiro atoms. The Balaban J connectivity index is 1.63. The van der Waals surface area contributed by atoms with E-state index in [1.165, 1.54) is 30.4 Å². The highest BCUT2D eigenvalue weighted by Gasteiger charge is 2.58. The molecule has 2 fully saturated rings. The number of fused-ring (bicyclic) bond motifs is 5. The molecule has 3 heteroatoms. The normalized spacial score (nSPS) is 40.7. The predicted molar refractivity (Wildman–Crippen MR) is 117 cm³/mol. The van der Waals surface area contributed by atoms with Gasteiger partial charge in [0.2, 0.25) is 5.91 Å². The fraction of sp³-hybridized carbons (Fsp3) is 0.692. The quantitative estimate of drug-likeness (QED) is 0.616. The van der Waals surface area contributed by atoms with Crippen molar-refractivity contribution in [2.75, 3.05) is 7.05 Å². The van der Waals surface area contributed by atoms with Gasteiger partial charge < -0.3 is 4.90 Å². The predicted octanol–water partition coefficient (Wildman–Crippen LogP) is 5.68. The lowest BCUT2D eigenvalue weighted by Gasteiger charge is -2.57. The van der Waals surface area contributed by atoms with Gasteiger partial charge in [0.1, 0.15) is 5.78 Å². The van der Waals surface area contributed by atoms with Crippen LogP contribution >= 0.6 is 0 Å². The van der Waals surface area contributed by atoms with E-state index in [-0.39, 0.29) is 22.7 Å². The van der Waals surface area contributed by atoms with Crippen LogP contribution in [0, 0.1) is 34.5 Å². The molecule has 0 unspecified atom stereocenters. The molecular formula is C26H37NO2. The first-order valence-electron chi connectivity index (χ1n) is 11.4. The van der Waals surface area contributed by atoms with Crippen LogP contribution in [0.4, 0.5) is 0 Å². The van der Waals surface area contributed by atoms with Gasteiger partial charge in [-0.3, -0.25) is 9.59 Å². The van der Waals surface area contributed by atoms with Crippen LogP contribution in [0.25, 0.3) is 0 Å². The third-order valence-corrected chi connectivity index (χ3v) is 9.51. The molecule has 2 saturated carbocycles. The second-order valence-corrected chi connectivity index (χ2v) is 10.7. The Hall–Kier alpha value is -1.64. The Labute approximate surface area is 176 Å². The van der Waals surface area contributed by atoms with E-state index in [2.05, 4.69) is 32.6 Å². The van der Waals surface area contributed by atoms with Crippen molar-refractivity contribution in [2.24, 2.45) is 34.5 Å². The van der Waals surface area contributed by atoms with E-state index in [9.17, 15) is 9.59 Å². The van der Waals surface area contributed by atoms with Crippen molar-refractivity contribution in [1.82, 2.24) is 4.90 Å². The van der Waals surface area contributed by atoms with Crippen molar-refractivity contribution >= 4 is 11.7 Å². The third-order valence-electron chi connectivity index (χ3n) is 9.51. The molecule has 0 aromatic rings. The molecule has 0 aromatic carbocycles. The Morgan fingerprint density at radius 1 is 1.10 bits per heavy atom. The van der Waals surface area contributed by atoms with E-state index < -0.39 is 0 Å². The van der Waals surface area contributed by atoms with Crippen LogP contribution in [0.1, 0.15) is 72.6 Å². The van der Waals surface area contributed by atoms with Crippen molar-refractivity contribution in [3.05, 3.63) is 35.6 Å². The molecular weight excluding hydrogens is 358 g/mol. The number of allylic oxidation sites excluding steroid dienone is 4. The highest BCUT2D eigenvalue weighted by molar-refractivity contribution is 5.79. The molecule has 158 valence electrons. The summed E-state index contributed by atoms with van der Waals surface area (Å²) in [6.07, 6.45) is 12.8. The first-order chi connectivity index (χ1) is 13.6. The van der Waals surface area contributed by atoms with Crippen LogP contribution in [0.5, 0.6) is 0 Å². The van der Waals surface area contributed by atoms with Gasteiger partial charge in [-0.15, -0.1) is 0 Å². The third kappa shape index (κ3) is 2.99. The highest BCUT2D eigenvalue weighted by atomic mass is 16.2. The van der Waals surface area contributed by atoms with Gasteiger partial charge in [-0.05, 0) is 91.6 Å². The summed E-state index contributed by atoms with van der Waals surface area (Å²) in [5.41, 5.74) is 3.95. The van der Waals surface area contributed by atoms with Crippen LogP contribution in [-0.2, 0) is 9.59 Å². The van der Waals surface area contributed by atoms with Gasteiger partial charge >= 0.3 is 0 Å². The summed E-state index contributed by atoms with van der Waals surface area (Å²) >= 11 is 0. The smallest absolute Gasteiger partial charge is 0.223 e. The van der Waals surface area contributed by atoms with E-state index in [1.807, 2.05) is 14.0 Å². The number of carbonyl (C=O) groups excluding carboxylic acids is 2. The number of amides is 1. The Kier molecular flexibility index (Phi) is 4.95. The zero-order valence-electron chi connectivity index (χ0n) is 18.9. The minimum Gasteiger partial charge on any atom is -0.316 e. The molecule has 4 aliphatic carbocycles. The molecule has 6 atom stereocenters. The van der Waals surface area contributed by atoms with Crippen LogP contribution in [0.3, 0.4) is 0 Å². The lowest BCUT2D eigenvalue weighted by molar-refractivity contribution is -0.127. The summed E-state index contributed by atoms with van der Waals surface area (Å²) in [6, 6.07) is 0. The number of Topliss-reactive ketones (excluding diaryl/α,β-unsaturated/α-hetero) is 1. The van der Waals surface area contributed by atoms with E-state index in [0.29, 0.717) is 23.5 Å². The summed E-state index contributed by atoms with van der Waals surface area (Å²) in [7, 11) is 1.82. The Morgan fingerprint density at radius 3 is 2.48 bits per heavy atom. The number of rotatable bonds is 3. The van der Waals surface area contributed by atoms with Gasteiger partial charge in [-0.1, -0.05) is 32.6 Å². The summed E-state index contributed by atoms with van der Waals surface area (Å²) < 4.78 is 0. The lowest BCUT2D eigenvalue weighted by Crippen LogP contribution is -2.49. The molecule has 0 heterocycles. The van der Waals surface area contributed by atoms with Gasteiger partial charge in [-0.2, -0.15) is 0 Å². The second-order valence-electron chi connectivity index (χ2n) is 10.7. The van der Waals surface area contributed by atoms with Crippen LogP contribution in [0.15, 0.2) is 35.6 Å². The number of ketones is 1. The average Bonchev–Trinajstić information content (AvgIpc) is 3.03. The van der Waals surface area contributed by atoms with Gasteiger partial charge in [0.05, 0.1) is 0 Å². The first-order valence-corrected chi connectivity index (χ1v) is 11.4. The highest BCUT2D eigenvalue weighted by Crippen LogP contribution is 2.66. The zero-order chi connectivity index (χ0) is 21.1. The van der Waals surface area contributed by atoms with Gasteiger partial charge in [0.25, 0.3) is 0 Å². The van der Waals surface area contributed by atoms with Crippen molar-refractivity contribution < 1.29 is 9.59 Å². The summed E-state index contributed by atoms with van der Waals surface area (Å²) in [4.78, 5) is 25.7. The maximum absolute atomic E-state index is 12.3. The molecule has 0 bridgehead atoms. The molecule has 0 aromatic heterocycles. The van der Waals surface area contributed by atoms with Crippen LogP contribution in [0.2, 0.25) is 0 Å². The zero-order valence-corrected chi connectivity index (χ0v) is 18.9. The van der Waals surface area contributed by atoms with E-state index in [0.717, 1.165) is 31.4 Å². The fourth-order valence-corrected chi connectivity index (χ4v) is 7.63. The Bertz CT molecular complexity index is 821. The standard InChI is InChI=1S/C26H37NO2/c1-16(27(6)18(3)29)19-11-13-25(4)20(15-19)7-8-21-23-10-9-22(17(2)28)26(23,5)14-12-24(21)25/h7,15,21-24H,1,8-14H2,2-6H3/t21-,22+,23-,24-,25-,26+/m0/s1. The van der Waals surface area contributed by atoms with E-state index in [1.54, 1.807) is 11.8 Å². The monoisotopic (exact) mass is 395 g/mol. The van der Waals surface area contributed by atoms with Gasteiger partial charge in [0, 0.05) is 25.6 Å². The Morgan fingerprint density at radius 2 is 1.83 bits per heavy atom. The van der Waals surface area contributed by atoms with Crippen LogP contribution in [-0.4, -0.2) is 23.6 Å². The number of likely N-dealkylation sites (N-methyl/N-ethyl adjacent to an activating group) is 1. The lowest BCUT2D eigenvalue weighted by atomic mass is 9.47. The maximum atomic E-state index is 12.3. The molecule has 0 N–H and O–H groups in total. The molecule has 3 nitrogen and oxygen atoms in total. The van der Waals surface area contributed by atoms with Crippen molar-refractivity contribution in [1.29, 1.82) is 0 Å². The molecule has 1 amide bonds. The average molecular weight is 396 g/mol. The molecule has 0 radical (unpaired) electrons. The summed E-state index contributed by atoms with van der Waals surface area (Å²) in [5.74, 6) is 2.83. The number of hydrogen-bond donors (Lipinski definition) is 0. The molecule has 0 aliphatic heterocycles. The molecule has 29 heavy (non-hydrogen) atoms. The minimum atomic E-state index is 0.0368. The topological polar surface area (TPSA) is 37.4 Å². The van der Waals surface area contributed by atoms with Crippen molar-refractivity contribution in [3.63, 3.8) is 0 Å². The van der Waals surface area contributed by atoms with Crippen molar-refractivity contribution in [2.45, 2.75) is 72.6 Å². The fourth-order valence-electron chi connectivity index (χ4n) is 7.63. The van der Waals surface area contributed by atoms with E-state index in [4.69, 9.17) is 0 Å². The first kappa shape index (κ1) is 20.6. The number of nitrogens with zero attached hydrogens (tertiary/aromatic N) is 1. The van der Waals surface area contributed by atoms with E-state index >= 15 is 0 Å². The summed E-state index contributed by atoms with van der Waals surface area (Å²) in [6.45, 7) is 12.5. The van der Waals surface area contributed by atoms with Crippen molar-refractivity contribution in [3.8, 4) is 0 Å². The number of carbonyl (C=O) groups is 2. The van der Waals surface area contributed by atoms with Gasteiger partial charge in [-0.25, -0.2) is 0 Å². The number of hydrogen-bond acceptors (Lipinski definition) is 2.